The molecule has 0 unspecified atom stereocenters. The highest BCUT2D eigenvalue weighted by molar-refractivity contribution is 7.89. The van der Waals surface area contributed by atoms with E-state index in [-0.39, 0.29) is 10.8 Å². The third-order valence-corrected chi connectivity index (χ3v) is 8.77. The second-order valence-electron chi connectivity index (χ2n) is 10.8. The maximum atomic E-state index is 13.4. The minimum Gasteiger partial charge on any atom is -0.475 e. The second kappa shape index (κ2) is 14.2. The zero-order chi connectivity index (χ0) is 31.9. The Bertz CT molecular complexity index is 1140. The van der Waals surface area contributed by atoms with Crippen LogP contribution in [0.25, 0.3) is 0 Å². The lowest BCUT2D eigenvalue weighted by molar-refractivity contribution is -0.193. The van der Waals surface area contributed by atoms with E-state index in [1.807, 2.05) is 0 Å². The van der Waals surface area contributed by atoms with Gasteiger partial charge in [0.1, 0.15) is 10.5 Å². The lowest BCUT2D eigenvalue weighted by Gasteiger charge is -2.42. The van der Waals surface area contributed by atoms with Gasteiger partial charge in [-0.3, -0.25) is 0 Å². The first-order valence-corrected chi connectivity index (χ1v) is 14.7. The van der Waals surface area contributed by atoms with Gasteiger partial charge in [-0.25, -0.2) is 23.0 Å². The van der Waals surface area contributed by atoms with Crippen molar-refractivity contribution in [3.05, 3.63) is 18.3 Å². The number of alkyl halides is 6. The van der Waals surface area contributed by atoms with Crippen molar-refractivity contribution in [3.63, 3.8) is 0 Å². The first-order chi connectivity index (χ1) is 19.3. The highest BCUT2D eigenvalue weighted by Gasteiger charge is 2.46. The number of piperidine rings is 1. The molecule has 1 aromatic heterocycles. The van der Waals surface area contributed by atoms with Crippen molar-refractivity contribution in [3.8, 4) is 5.88 Å². The molecule has 0 atom stereocenters. The molecular weight excluding hydrogens is 600 g/mol. The SMILES string of the molecule is CC(C)CN1CCC2(CC1)CN(CC1CCCC1)S(=O)(=O)c1cccnc1O2.O=C(O)C(F)(F)F.O=C(O)C(F)(F)F. The molecular formula is C25H35F6N3O7S. The predicted molar refractivity (Wildman–Crippen MR) is 136 cm³/mol. The average molecular weight is 636 g/mol. The number of aromatic nitrogens is 1. The Hall–Kier alpha value is -2.66. The molecule has 0 amide bonds. The van der Waals surface area contributed by atoms with Crippen LogP contribution in [0.3, 0.4) is 0 Å². The van der Waals surface area contributed by atoms with E-state index in [2.05, 4.69) is 23.7 Å². The zero-order valence-corrected chi connectivity index (χ0v) is 23.9. The molecule has 1 saturated heterocycles. The smallest absolute Gasteiger partial charge is 0.475 e. The molecule has 3 aliphatic rings. The maximum Gasteiger partial charge on any atom is 0.490 e. The number of halogens is 6. The summed E-state index contributed by atoms with van der Waals surface area (Å²) in [5.41, 5.74) is -0.473. The van der Waals surface area contributed by atoms with Crippen molar-refractivity contribution in [1.29, 1.82) is 0 Å². The third-order valence-electron chi connectivity index (χ3n) is 6.94. The second-order valence-corrected chi connectivity index (χ2v) is 12.7. The Balaban J connectivity index is 0.000000367. The fourth-order valence-corrected chi connectivity index (χ4v) is 6.65. The van der Waals surface area contributed by atoms with Crippen LogP contribution in [-0.4, -0.2) is 95.4 Å². The summed E-state index contributed by atoms with van der Waals surface area (Å²) in [6.07, 6.45) is -2.18. The highest BCUT2D eigenvalue weighted by atomic mass is 32.2. The summed E-state index contributed by atoms with van der Waals surface area (Å²) in [7, 11) is -3.58. The monoisotopic (exact) mass is 635 g/mol. The number of hydrogen-bond acceptors (Lipinski definition) is 7. The van der Waals surface area contributed by atoms with E-state index in [9.17, 15) is 34.8 Å². The summed E-state index contributed by atoms with van der Waals surface area (Å²) in [6, 6.07) is 3.34. The topological polar surface area (TPSA) is 137 Å². The van der Waals surface area contributed by atoms with E-state index >= 15 is 0 Å². The molecule has 2 fully saturated rings. The molecule has 240 valence electrons. The van der Waals surface area contributed by atoms with Crippen LogP contribution in [0.1, 0.15) is 52.4 Å². The van der Waals surface area contributed by atoms with E-state index in [0.29, 0.717) is 24.9 Å². The number of carbonyl (C=O) groups is 2. The fourth-order valence-electron chi connectivity index (χ4n) is 5.00. The quantitative estimate of drug-likeness (QED) is 0.461. The lowest BCUT2D eigenvalue weighted by atomic mass is 9.90. The number of carboxylic acids is 2. The van der Waals surface area contributed by atoms with Crippen LogP contribution in [0.4, 0.5) is 26.3 Å². The Morgan fingerprint density at radius 3 is 2.00 bits per heavy atom. The fraction of sp³-hybridized carbons (Fsp3) is 0.720. The average Bonchev–Trinajstić information content (AvgIpc) is 3.35. The van der Waals surface area contributed by atoms with Gasteiger partial charge < -0.3 is 19.8 Å². The van der Waals surface area contributed by atoms with Gasteiger partial charge in [0.25, 0.3) is 0 Å². The van der Waals surface area contributed by atoms with Gasteiger partial charge in [0.2, 0.25) is 15.9 Å². The number of ether oxygens (including phenoxy) is 1. The van der Waals surface area contributed by atoms with Gasteiger partial charge in [0.05, 0.1) is 6.54 Å². The number of fused-ring (bicyclic) bond motifs is 1. The van der Waals surface area contributed by atoms with Crippen LogP contribution in [-0.2, 0) is 19.6 Å². The molecule has 4 rings (SSSR count). The van der Waals surface area contributed by atoms with Crippen molar-refractivity contribution in [2.75, 3.05) is 32.7 Å². The van der Waals surface area contributed by atoms with E-state index < -0.39 is 39.9 Å². The molecule has 10 nitrogen and oxygen atoms in total. The Morgan fingerprint density at radius 1 is 1.05 bits per heavy atom. The number of rotatable bonds is 4. The summed E-state index contributed by atoms with van der Waals surface area (Å²) >= 11 is 0. The van der Waals surface area contributed by atoms with E-state index in [1.54, 1.807) is 22.6 Å². The van der Waals surface area contributed by atoms with E-state index in [0.717, 1.165) is 45.3 Å². The number of carboxylic acid groups (broad SMARTS) is 2. The minimum absolute atomic E-state index is 0.231. The number of pyridine rings is 1. The lowest BCUT2D eigenvalue weighted by Crippen LogP contribution is -2.55. The molecule has 0 radical (unpaired) electrons. The van der Waals surface area contributed by atoms with Gasteiger partial charge in [-0.15, -0.1) is 0 Å². The Kier molecular flexibility index (Phi) is 12.0. The minimum atomic E-state index is -5.08. The summed E-state index contributed by atoms with van der Waals surface area (Å²) in [6.45, 7) is 8.49. The van der Waals surface area contributed by atoms with E-state index in [4.69, 9.17) is 24.5 Å². The van der Waals surface area contributed by atoms with Crippen molar-refractivity contribution in [2.45, 2.75) is 75.2 Å². The molecule has 42 heavy (non-hydrogen) atoms. The van der Waals surface area contributed by atoms with Crippen LogP contribution < -0.4 is 4.74 Å². The molecule has 2 N–H and O–H groups in total. The number of nitrogens with zero attached hydrogens (tertiary/aromatic N) is 3. The molecule has 1 aliphatic carbocycles. The zero-order valence-electron chi connectivity index (χ0n) is 23.1. The summed E-state index contributed by atoms with van der Waals surface area (Å²) in [5.74, 6) is -4.13. The summed E-state index contributed by atoms with van der Waals surface area (Å²) in [5, 5.41) is 14.2. The molecule has 2 aliphatic heterocycles. The van der Waals surface area contributed by atoms with Crippen LogP contribution in [0.2, 0.25) is 0 Å². The number of likely N-dealkylation sites (tertiary alicyclic amines) is 1. The molecule has 1 saturated carbocycles. The summed E-state index contributed by atoms with van der Waals surface area (Å²) < 4.78 is 98.5. The van der Waals surface area contributed by atoms with Crippen molar-refractivity contribution in [1.82, 2.24) is 14.2 Å². The predicted octanol–water partition coefficient (Wildman–Crippen LogP) is 4.41. The van der Waals surface area contributed by atoms with Crippen molar-refractivity contribution < 1.29 is 59.3 Å². The maximum absolute atomic E-state index is 13.4. The van der Waals surface area contributed by atoms with Gasteiger partial charge in [-0.1, -0.05) is 26.7 Å². The molecule has 3 heterocycles. The van der Waals surface area contributed by atoms with Gasteiger partial charge in [-0.2, -0.15) is 30.6 Å². The molecule has 1 aromatic rings. The normalized spacial score (nSPS) is 20.8. The van der Waals surface area contributed by atoms with Crippen molar-refractivity contribution >= 4 is 22.0 Å². The number of hydrogen-bond donors (Lipinski definition) is 2. The first kappa shape index (κ1) is 35.5. The van der Waals surface area contributed by atoms with Gasteiger partial charge in [-0.05, 0) is 36.8 Å². The first-order valence-electron chi connectivity index (χ1n) is 13.2. The van der Waals surface area contributed by atoms with Gasteiger partial charge >= 0.3 is 24.3 Å². The third kappa shape index (κ3) is 10.3. The Labute approximate surface area is 239 Å². The molecule has 0 aromatic carbocycles. The van der Waals surface area contributed by atoms with Crippen LogP contribution in [0, 0.1) is 11.8 Å². The van der Waals surface area contributed by atoms with Gasteiger partial charge in [0.15, 0.2) is 0 Å². The highest BCUT2D eigenvalue weighted by Crippen LogP contribution is 2.39. The van der Waals surface area contributed by atoms with E-state index in [1.165, 1.54) is 12.8 Å². The summed E-state index contributed by atoms with van der Waals surface area (Å²) in [4.78, 5) is 24.8. The number of aliphatic carboxylic acids is 2. The van der Waals surface area contributed by atoms with Crippen LogP contribution in [0.5, 0.6) is 5.88 Å². The van der Waals surface area contributed by atoms with Gasteiger partial charge in [0, 0.05) is 45.2 Å². The standard InChI is InChI=1S/C21H33N3O3S.2C2HF3O2/c1-17(2)14-23-12-9-21(10-13-23)16-24(15-18-6-3-4-7-18)28(25,26)19-8-5-11-22-20(19)27-21;2*3-2(4,5)1(6)7/h5,8,11,17-18H,3-4,6-7,9-10,12-16H2,1-2H3;2*(H,6,7). The molecule has 17 heteroatoms. The van der Waals surface area contributed by atoms with Crippen LogP contribution >= 0.6 is 0 Å². The Morgan fingerprint density at radius 2 is 1.55 bits per heavy atom. The van der Waals surface area contributed by atoms with Crippen LogP contribution in [0.15, 0.2) is 23.2 Å². The number of sulfonamides is 1. The molecule has 1 spiro atoms. The van der Waals surface area contributed by atoms with Crippen molar-refractivity contribution in [2.24, 2.45) is 11.8 Å². The largest absolute Gasteiger partial charge is 0.490 e. The molecule has 0 bridgehead atoms.